The lowest BCUT2D eigenvalue weighted by Crippen LogP contribution is -2.21. The smallest absolute Gasteiger partial charge is 0.329 e. The van der Waals surface area contributed by atoms with Gasteiger partial charge in [0.1, 0.15) is 6.61 Å². The van der Waals surface area contributed by atoms with E-state index in [0.29, 0.717) is 5.92 Å². The fourth-order valence-electron chi connectivity index (χ4n) is 1.84. The van der Waals surface area contributed by atoms with Crippen molar-refractivity contribution in [2.24, 2.45) is 5.92 Å². The summed E-state index contributed by atoms with van der Waals surface area (Å²) in [5.74, 6) is -0.542. The molecule has 21 heavy (non-hydrogen) atoms. The van der Waals surface area contributed by atoms with Crippen LogP contribution in [0.1, 0.15) is 33.1 Å². The predicted octanol–water partition coefficient (Wildman–Crippen LogP) is 2.01. The maximum absolute atomic E-state index is 9.62. The van der Waals surface area contributed by atoms with Gasteiger partial charge >= 0.3 is 5.97 Å². The lowest BCUT2D eigenvalue weighted by Gasteiger charge is -2.20. The van der Waals surface area contributed by atoms with Crippen molar-refractivity contribution in [2.75, 3.05) is 13.7 Å². The van der Waals surface area contributed by atoms with E-state index in [2.05, 4.69) is 28.6 Å². The molecule has 0 bridgehead atoms. The Hall–Kier alpha value is -1.27. The summed E-state index contributed by atoms with van der Waals surface area (Å²) in [5, 5.41) is 17.4. The van der Waals surface area contributed by atoms with Crippen molar-refractivity contribution in [3.8, 4) is 0 Å². The Kier molecular flexibility index (Phi) is 14.4. The number of carboxylic acids is 1. The van der Waals surface area contributed by atoms with Gasteiger partial charge in [0.05, 0.1) is 6.10 Å². The number of aliphatic hydroxyl groups excluding tert-OH is 1. The van der Waals surface area contributed by atoms with Crippen LogP contribution < -0.4 is 0 Å². The van der Waals surface area contributed by atoms with Crippen LogP contribution in [0.15, 0.2) is 24.5 Å². The van der Waals surface area contributed by atoms with Crippen LogP contribution in [0.25, 0.3) is 0 Å². The summed E-state index contributed by atoms with van der Waals surface area (Å²) < 4.78 is 6.35. The van der Waals surface area contributed by atoms with Crippen LogP contribution in [-0.2, 0) is 16.1 Å². The molecule has 1 aromatic heterocycles. The summed E-state index contributed by atoms with van der Waals surface area (Å²) in [6.45, 7) is 4.81. The average Bonchev–Trinajstić information content (AvgIpc) is 2.87. The number of hydrogen-bond acceptors (Lipinski definition) is 3. The number of carboxylic acid groups (broad SMARTS) is 1. The molecule has 0 unspecified atom stereocenters. The molecule has 0 aliphatic carbocycles. The van der Waals surface area contributed by atoms with E-state index in [-0.39, 0.29) is 21.1 Å². The molecule has 0 fully saturated rings. The highest BCUT2D eigenvalue weighted by molar-refractivity contribution is 5.75. The normalized spacial score (nSPS) is 12.6. The van der Waals surface area contributed by atoms with Crippen molar-refractivity contribution in [1.29, 1.82) is 0 Å². The zero-order valence-corrected chi connectivity index (χ0v) is 13.2. The maximum Gasteiger partial charge on any atom is 0.329 e. The van der Waals surface area contributed by atoms with Crippen LogP contribution in [0.4, 0.5) is 0 Å². The molecule has 0 saturated carbocycles. The zero-order chi connectivity index (χ0) is 15.4. The standard InChI is InChI=1S/C12H21NO.C3H6O3.B/c1-3-4-7-12(11(2)14)10-13-8-5-6-9-13;1-6-2-3(4)5;/h5-6,8-9,11-12,14H,3-4,7,10H2,1-2H3;2H2,1H3,(H,4,5);/t11-,12+;;/m1../s1. The molecule has 0 aromatic carbocycles. The van der Waals surface area contributed by atoms with Gasteiger partial charge in [-0.15, -0.1) is 0 Å². The van der Waals surface area contributed by atoms with Gasteiger partial charge < -0.3 is 19.5 Å². The van der Waals surface area contributed by atoms with Crippen molar-refractivity contribution in [3.63, 3.8) is 0 Å². The third kappa shape index (κ3) is 12.2. The van der Waals surface area contributed by atoms with Crippen LogP contribution >= 0.6 is 0 Å². The SMILES string of the molecule is CCCC[C@@H](Cn1cccc1)[C@@H](C)O.COCC(=O)O.[B]. The lowest BCUT2D eigenvalue weighted by molar-refractivity contribution is -0.141. The van der Waals surface area contributed by atoms with Gasteiger partial charge in [0.15, 0.2) is 0 Å². The number of rotatable bonds is 8. The van der Waals surface area contributed by atoms with Crippen molar-refractivity contribution >= 4 is 14.4 Å². The van der Waals surface area contributed by atoms with Gasteiger partial charge in [-0.3, -0.25) is 0 Å². The topological polar surface area (TPSA) is 71.7 Å². The minimum atomic E-state index is -0.933. The number of ether oxygens (including phenoxy) is 1. The van der Waals surface area contributed by atoms with Crippen LogP contribution in [-0.4, -0.2) is 49.0 Å². The Bertz CT molecular complexity index is 341. The highest BCUT2D eigenvalue weighted by atomic mass is 16.5. The van der Waals surface area contributed by atoms with E-state index in [1.165, 1.54) is 20.0 Å². The van der Waals surface area contributed by atoms with Crippen LogP contribution in [0.5, 0.6) is 0 Å². The Morgan fingerprint density at radius 3 is 2.24 bits per heavy atom. The van der Waals surface area contributed by atoms with Crippen LogP contribution in [0.3, 0.4) is 0 Å². The molecular weight excluding hydrogens is 269 g/mol. The predicted molar refractivity (Wildman–Crippen MR) is 84.4 cm³/mol. The third-order valence-corrected chi connectivity index (χ3v) is 2.99. The van der Waals surface area contributed by atoms with Gasteiger partial charge in [0.25, 0.3) is 0 Å². The molecule has 3 radical (unpaired) electrons. The largest absolute Gasteiger partial charge is 0.480 e. The van der Waals surface area contributed by atoms with E-state index >= 15 is 0 Å². The summed E-state index contributed by atoms with van der Waals surface area (Å²) in [6, 6.07) is 4.05. The first-order chi connectivity index (χ1) is 9.51. The van der Waals surface area contributed by atoms with Gasteiger partial charge in [-0.2, -0.15) is 0 Å². The van der Waals surface area contributed by atoms with Crippen molar-refractivity contribution in [2.45, 2.75) is 45.8 Å². The quantitative estimate of drug-likeness (QED) is 0.720. The number of aliphatic carboxylic acids is 1. The first-order valence-electron chi connectivity index (χ1n) is 7.00. The molecule has 1 rings (SSSR count). The van der Waals surface area contributed by atoms with E-state index in [0.717, 1.165) is 13.0 Å². The molecule has 0 spiro atoms. The molecule has 2 atom stereocenters. The average molecular weight is 296 g/mol. The van der Waals surface area contributed by atoms with Gasteiger partial charge in [0.2, 0.25) is 0 Å². The Balaban J connectivity index is 0. The lowest BCUT2D eigenvalue weighted by atomic mass is 9.97. The van der Waals surface area contributed by atoms with E-state index in [9.17, 15) is 9.90 Å². The van der Waals surface area contributed by atoms with Crippen LogP contribution in [0.2, 0.25) is 0 Å². The minimum absolute atomic E-state index is 0. The number of carbonyl (C=O) groups is 1. The number of nitrogens with zero attached hydrogens (tertiary/aromatic N) is 1. The fourth-order valence-corrected chi connectivity index (χ4v) is 1.84. The summed E-state index contributed by atoms with van der Waals surface area (Å²) in [7, 11) is 1.34. The number of aliphatic hydroxyl groups is 1. The van der Waals surface area contributed by atoms with E-state index in [1.54, 1.807) is 0 Å². The Morgan fingerprint density at radius 1 is 1.33 bits per heavy atom. The fraction of sp³-hybridized carbons (Fsp3) is 0.667. The number of hydrogen-bond donors (Lipinski definition) is 2. The molecule has 0 saturated heterocycles. The molecular formula is C15H27BNO4. The molecule has 1 aromatic rings. The van der Waals surface area contributed by atoms with Gasteiger partial charge in [-0.1, -0.05) is 19.8 Å². The molecule has 1 heterocycles. The van der Waals surface area contributed by atoms with E-state index in [4.69, 9.17) is 5.11 Å². The zero-order valence-electron chi connectivity index (χ0n) is 13.2. The summed E-state index contributed by atoms with van der Waals surface area (Å²) in [5.41, 5.74) is 0. The van der Waals surface area contributed by atoms with Crippen molar-refractivity contribution in [1.82, 2.24) is 4.57 Å². The summed E-state index contributed by atoms with van der Waals surface area (Å²) in [6.07, 6.45) is 7.43. The molecule has 0 aliphatic heterocycles. The number of methoxy groups -OCH3 is 1. The minimum Gasteiger partial charge on any atom is -0.480 e. The first kappa shape index (κ1) is 22.0. The van der Waals surface area contributed by atoms with Gasteiger partial charge in [-0.05, 0) is 25.5 Å². The monoisotopic (exact) mass is 296 g/mol. The Morgan fingerprint density at radius 2 is 1.90 bits per heavy atom. The van der Waals surface area contributed by atoms with Crippen molar-refractivity contribution in [3.05, 3.63) is 24.5 Å². The first-order valence-corrected chi connectivity index (χ1v) is 7.00. The van der Waals surface area contributed by atoms with E-state index in [1.807, 2.05) is 19.1 Å². The van der Waals surface area contributed by atoms with Gasteiger partial charge in [-0.25, -0.2) is 4.79 Å². The highest BCUT2D eigenvalue weighted by Crippen LogP contribution is 2.15. The van der Waals surface area contributed by atoms with Crippen LogP contribution in [0, 0.1) is 5.92 Å². The third-order valence-electron chi connectivity index (χ3n) is 2.99. The number of unbranched alkanes of at least 4 members (excludes halogenated alkanes) is 1. The molecule has 119 valence electrons. The summed E-state index contributed by atoms with van der Waals surface area (Å²) in [4.78, 5) is 9.47. The molecule has 2 N–H and O–H groups in total. The van der Waals surface area contributed by atoms with Gasteiger partial charge in [0, 0.05) is 40.4 Å². The molecule has 0 amide bonds. The van der Waals surface area contributed by atoms with E-state index < -0.39 is 5.97 Å². The summed E-state index contributed by atoms with van der Waals surface area (Å²) >= 11 is 0. The second kappa shape index (κ2) is 13.7. The number of aromatic nitrogens is 1. The molecule has 0 aliphatic rings. The Labute approximate surface area is 129 Å². The second-order valence-electron chi connectivity index (χ2n) is 4.85. The van der Waals surface area contributed by atoms with Crippen molar-refractivity contribution < 1.29 is 19.7 Å². The maximum atomic E-state index is 9.62. The molecule has 6 heteroatoms. The highest BCUT2D eigenvalue weighted by Gasteiger charge is 2.14. The molecule has 5 nitrogen and oxygen atoms in total. The second-order valence-corrected chi connectivity index (χ2v) is 4.85.